The van der Waals surface area contributed by atoms with Crippen molar-refractivity contribution in [2.24, 2.45) is 0 Å². The molecule has 2 rings (SSSR count). The summed E-state index contributed by atoms with van der Waals surface area (Å²) < 4.78 is 27.2. The lowest BCUT2D eigenvalue weighted by molar-refractivity contribution is 0.296. The molecule has 0 aromatic heterocycles. The van der Waals surface area contributed by atoms with E-state index in [1.807, 2.05) is 0 Å². The van der Waals surface area contributed by atoms with Crippen molar-refractivity contribution < 1.29 is 8.42 Å². The van der Waals surface area contributed by atoms with Gasteiger partial charge < -0.3 is 5.32 Å². The van der Waals surface area contributed by atoms with Crippen molar-refractivity contribution in [3.63, 3.8) is 0 Å². The molecule has 0 atom stereocenters. The van der Waals surface area contributed by atoms with E-state index in [1.54, 1.807) is 25.2 Å². The van der Waals surface area contributed by atoms with E-state index in [1.165, 1.54) is 4.31 Å². The number of nitrogens with zero attached hydrogens (tertiary/aromatic N) is 1. The van der Waals surface area contributed by atoms with E-state index < -0.39 is 10.0 Å². The van der Waals surface area contributed by atoms with E-state index in [4.69, 9.17) is 11.6 Å². The minimum absolute atomic E-state index is 0. The first-order valence-electron chi connectivity index (χ1n) is 6.07. The van der Waals surface area contributed by atoms with Crippen LogP contribution < -0.4 is 5.32 Å². The van der Waals surface area contributed by atoms with Crippen LogP contribution in [0.4, 0.5) is 0 Å². The maximum Gasteiger partial charge on any atom is 0.244 e. The van der Waals surface area contributed by atoms with Gasteiger partial charge in [0.25, 0.3) is 0 Å². The molecule has 1 aliphatic rings. The smallest absolute Gasteiger partial charge is 0.244 e. The summed E-state index contributed by atoms with van der Waals surface area (Å²) in [7, 11) is -1.84. The van der Waals surface area contributed by atoms with Gasteiger partial charge >= 0.3 is 0 Å². The van der Waals surface area contributed by atoms with Crippen LogP contribution in [0.2, 0.25) is 5.02 Å². The monoisotopic (exact) mass is 402 g/mol. The Balaban J connectivity index is 0.00000200. The van der Waals surface area contributed by atoms with Crippen molar-refractivity contribution in [3.05, 3.63) is 27.7 Å². The molecule has 4 nitrogen and oxygen atoms in total. The zero-order valence-electron chi connectivity index (χ0n) is 11.0. The third-order valence-electron chi connectivity index (χ3n) is 3.37. The molecule has 1 aromatic rings. The van der Waals surface area contributed by atoms with Crippen LogP contribution in [-0.4, -0.2) is 38.9 Å². The number of sulfonamides is 1. The van der Waals surface area contributed by atoms with E-state index in [-0.39, 0.29) is 23.3 Å². The maximum absolute atomic E-state index is 12.6. The van der Waals surface area contributed by atoms with Crippen LogP contribution in [0, 0.1) is 0 Å². The van der Waals surface area contributed by atoms with Crippen molar-refractivity contribution in [2.45, 2.75) is 23.8 Å². The molecule has 0 amide bonds. The van der Waals surface area contributed by atoms with Gasteiger partial charge in [0.05, 0.1) is 4.90 Å². The summed E-state index contributed by atoms with van der Waals surface area (Å²) in [6.45, 7) is 1.71. The lowest BCUT2D eigenvalue weighted by Gasteiger charge is -2.31. The Morgan fingerprint density at radius 2 is 1.95 bits per heavy atom. The van der Waals surface area contributed by atoms with Gasteiger partial charge in [0.15, 0.2) is 0 Å². The molecule has 1 aromatic carbocycles. The number of piperidine rings is 1. The maximum atomic E-state index is 12.6. The van der Waals surface area contributed by atoms with Crippen LogP contribution in [0.1, 0.15) is 12.8 Å². The molecule has 0 spiro atoms. The van der Waals surface area contributed by atoms with Gasteiger partial charge in [-0.3, -0.25) is 0 Å². The molecule has 0 radical (unpaired) electrons. The average Bonchev–Trinajstić information content (AvgIpc) is 2.38. The van der Waals surface area contributed by atoms with Crippen LogP contribution in [0.5, 0.6) is 0 Å². The molecule has 1 N–H and O–H groups in total. The second kappa shape index (κ2) is 7.42. The van der Waals surface area contributed by atoms with Gasteiger partial charge in [0.2, 0.25) is 10.0 Å². The average molecular weight is 404 g/mol. The summed E-state index contributed by atoms with van der Waals surface area (Å²) in [4.78, 5) is 0.262. The number of halogens is 3. The fourth-order valence-corrected chi connectivity index (χ4v) is 4.96. The molecule has 20 heavy (non-hydrogen) atoms. The van der Waals surface area contributed by atoms with Crippen LogP contribution in [0.15, 0.2) is 27.6 Å². The largest absolute Gasteiger partial charge is 0.317 e. The van der Waals surface area contributed by atoms with Crippen LogP contribution in [0.3, 0.4) is 0 Å². The lowest BCUT2D eigenvalue weighted by atomic mass is 10.1. The summed E-state index contributed by atoms with van der Waals surface area (Å²) in [5, 5.41) is 3.74. The van der Waals surface area contributed by atoms with Crippen LogP contribution in [0.25, 0.3) is 0 Å². The fourth-order valence-electron chi connectivity index (χ4n) is 2.21. The Kier molecular flexibility index (Phi) is 6.76. The molecule has 0 aliphatic carbocycles. The van der Waals surface area contributed by atoms with Crippen LogP contribution >= 0.6 is 39.9 Å². The number of hydrogen-bond donors (Lipinski definition) is 1. The van der Waals surface area contributed by atoms with Crippen molar-refractivity contribution >= 4 is 50.0 Å². The second-order valence-corrected chi connectivity index (χ2v) is 7.83. The Morgan fingerprint density at radius 1 is 1.35 bits per heavy atom. The van der Waals surface area contributed by atoms with Gasteiger partial charge in [-0.1, -0.05) is 11.6 Å². The molecule has 8 heteroatoms. The molecule has 1 aliphatic heterocycles. The van der Waals surface area contributed by atoms with Crippen LogP contribution in [-0.2, 0) is 10.0 Å². The fraction of sp³-hybridized carbons (Fsp3) is 0.500. The highest BCUT2D eigenvalue weighted by Gasteiger charge is 2.30. The molecule has 1 fully saturated rings. The van der Waals surface area contributed by atoms with E-state index in [0.717, 1.165) is 25.9 Å². The Hall–Kier alpha value is 0.150. The minimum atomic E-state index is -3.49. The summed E-state index contributed by atoms with van der Waals surface area (Å²) in [5.41, 5.74) is 0. The quantitative estimate of drug-likeness (QED) is 0.843. The second-order valence-electron chi connectivity index (χ2n) is 4.58. The van der Waals surface area contributed by atoms with Gasteiger partial charge in [0.1, 0.15) is 0 Å². The number of hydrogen-bond acceptors (Lipinski definition) is 3. The zero-order chi connectivity index (χ0) is 14.0. The number of rotatable bonds is 3. The molecule has 1 heterocycles. The first-order chi connectivity index (χ1) is 8.93. The molecule has 114 valence electrons. The van der Waals surface area contributed by atoms with Gasteiger partial charge in [-0.15, -0.1) is 12.4 Å². The first kappa shape index (κ1) is 18.2. The predicted molar refractivity (Wildman–Crippen MR) is 87.2 cm³/mol. The Labute approximate surface area is 139 Å². The van der Waals surface area contributed by atoms with Crippen molar-refractivity contribution in [1.29, 1.82) is 0 Å². The Morgan fingerprint density at radius 3 is 2.50 bits per heavy atom. The molecule has 0 bridgehead atoms. The lowest BCUT2D eigenvalue weighted by Crippen LogP contribution is -2.43. The highest BCUT2D eigenvalue weighted by Crippen LogP contribution is 2.29. The highest BCUT2D eigenvalue weighted by molar-refractivity contribution is 9.10. The summed E-state index contributed by atoms with van der Waals surface area (Å²) in [6.07, 6.45) is 1.67. The standard InChI is InChI=1S/C12H16BrClN2O2S.ClH/c1-16(10-4-6-15-7-5-10)19(17,18)12-3-2-9(14)8-11(12)13;/h2-3,8,10,15H,4-7H2,1H3;1H. The zero-order valence-corrected chi connectivity index (χ0v) is 14.9. The third-order valence-corrected chi connectivity index (χ3v) is 6.50. The van der Waals surface area contributed by atoms with E-state index in [0.29, 0.717) is 9.50 Å². The van der Waals surface area contributed by atoms with E-state index in [2.05, 4.69) is 21.2 Å². The minimum Gasteiger partial charge on any atom is -0.317 e. The summed E-state index contributed by atoms with van der Waals surface area (Å²) >= 11 is 9.12. The molecular formula is C12H17BrCl2N2O2S. The van der Waals surface area contributed by atoms with Crippen molar-refractivity contribution in [2.75, 3.05) is 20.1 Å². The topological polar surface area (TPSA) is 49.4 Å². The van der Waals surface area contributed by atoms with Gasteiger partial charge in [-0.25, -0.2) is 8.42 Å². The van der Waals surface area contributed by atoms with Gasteiger partial charge in [-0.05, 0) is 60.1 Å². The SMILES string of the molecule is CN(C1CCNCC1)S(=O)(=O)c1ccc(Cl)cc1Br.Cl. The van der Waals surface area contributed by atoms with Gasteiger partial charge in [0, 0.05) is 22.6 Å². The molecule has 1 saturated heterocycles. The third kappa shape index (κ3) is 3.87. The van der Waals surface area contributed by atoms with Crippen molar-refractivity contribution in [3.8, 4) is 0 Å². The highest BCUT2D eigenvalue weighted by atomic mass is 79.9. The van der Waals surface area contributed by atoms with Gasteiger partial charge in [-0.2, -0.15) is 4.31 Å². The molecule has 0 unspecified atom stereocenters. The summed E-state index contributed by atoms with van der Waals surface area (Å²) in [5.74, 6) is 0. The summed E-state index contributed by atoms with van der Waals surface area (Å²) in [6, 6.07) is 4.79. The van der Waals surface area contributed by atoms with Crippen molar-refractivity contribution in [1.82, 2.24) is 9.62 Å². The van der Waals surface area contributed by atoms with E-state index >= 15 is 0 Å². The molecular weight excluding hydrogens is 387 g/mol. The first-order valence-corrected chi connectivity index (χ1v) is 8.68. The normalized spacial score (nSPS) is 17.0. The number of benzene rings is 1. The predicted octanol–water partition coefficient (Wildman–Crippen LogP) is 2.90. The van der Waals surface area contributed by atoms with E-state index in [9.17, 15) is 8.42 Å². The Bertz CT molecular complexity index is 563. The number of nitrogens with one attached hydrogen (secondary N) is 1. The molecule has 0 saturated carbocycles.